The zero-order valence-corrected chi connectivity index (χ0v) is 15.6. The lowest BCUT2D eigenvalue weighted by molar-refractivity contribution is -0.143. The van der Waals surface area contributed by atoms with Gasteiger partial charge >= 0.3 is 5.97 Å². The summed E-state index contributed by atoms with van der Waals surface area (Å²) in [6.45, 7) is 4.76. The lowest BCUT2D eigenvalue weighted by Gasteiger charge is -2.25. The number of carbonyl (C=O) groups excluding carboxylic acids is 1. The molecular weight excluding hydrogens is 350 g/mol. The molecule has 8 nitrogen and oxygen atoms in total. The van der Waals surface area contributed by atoms with Gasteiger partial charge < -0.3 is 14.7 Å². The standard InChI is InChI=1S/C19H25N3O5/c1-3-27-10-6-9-21(11-14(2)19(25)26)17(23)12-22-13-20-16-8-5-4-7-15(16)18(22)24/h4-5,7-8,13-14H,3,6,9-12H2,1-2H3,(H,25,26). The zero-order valence-electron chi connectivity index (χ0n) is 15.6. The van der Waals surface area contributed by atoms with Crippen molar-refractivity contribution in [2.45, 2.75) is 26.8 Å². The van der Waals surface area contributed by atoms with E-state index in [4.69, 9.17) is 9.84 Å². The third-order valence-corrected chi connectivity index (χ3v) is 4.23. The number of rotatable bonds is 10. The Hall–Kier alpha value is -2.74. The molecule has 27 heavy (non-hydrogen) atoms. The van der Waals surface area contributed by atoms with Crippen LogP contribution in [0.2, 0.25) is 0 Å². The maximum Gasteiger partial charge on any atom is 0.308 e. The fourth-order valence-electron chi connectivity index (χ4n) is 2.69. The second-order valence-electron chi connectivity index (χ2n) is 6.32. The summed E-state index contributed by atoms with van der Waals surface area (Å²) in [6, 6.07) is 6.93. The molecule has 1 N–H and O–H groups in total. The first-order valence-corrected chi connectivity index (χ1v) is 8.96. The van der Waals surface area contributed by atoms with Gasteiger partial charge in [0, 0.05) is 26.3 Å². The van der Waals surface area contributed by atoms with Gasteiger partial charge in [-0.1, -0.05) is 19.1 Å². The number of nitrogens with zero attached hydrogens (tertiary/aromatic N) is 3. The van der Waals surface area contributed by atoms with E-state index in [-0.39, 0.29) is 24.6 Å². The fourth-order valence-corrected chi connectivity index (χ4v) is 2.69. The van der Waals surface area contributed by atoms with Crippen LogP contribution in [-0.4, -0.2) is 57.7 Å². The number of benzene rings is 1. The number of hydrogen-bond acceptors (Lipinski definition) is 5. The molecule has 0 saturated heterocycles. The molecule has 2 rings (SSSR count). The van der Waals surface area contributed by atoms with Crippen molar-refractivity contribution in [2.24, 2.45) is 5.92 Å². The number of carboxylic acid groups (broad SMARTS) is 1. The highest BCUT2D eigenvalue weighted by Gasteiger charge is 2.21. The van der Waals surface area contributed by atoms with Crippen LogP contribution in [0.5, 0.6) is 0 Å². The summed E-state index contributed by atoms with van der Waals surface area (Å²) < 4.78 is 6.54. The molecule has 146 valence electrons. The van der Waals surface area contributed by atoms with Gasteiger partial charge in [0.05, 0.1) is 23.1 Å². The van der Waals surface area contributed by atoms with Crippen LogP contribution in [0.1, 0.15) is 20.3 Å². The lowest BCUT2D eigenvalue weighted by atomic mass is 10.1. The minimum absolute atomic E-state index is 0.0794. The maximum absolute atomic E-state index is 12.7. The van der Waals surface area contributed by atoms with E-state index in [0.717, 1.165) is 0 Å². The number of aromatic nitrogens is 2. The van der Waals surface area contributed by atoms with E-state index in [0.29, 0.717) is 37.1 Å². The van der Waals surface area contributed by atoms with Gasteiger partial charge in [-0.25, -0.2) is 4.98 Å². The van der Waals surface area contributed by atoms with Gasteiger partial charge in [-0.15, -0.1) is 0 Å². The van der Waals surface area contributed by atoms with Crippen molar-refractivity contribution >= 4 is 22.8 Å². The van der Waals surface area contributed by atoms with Gasteiger partial charge in [0.1, 0.15) is 6.54 Å². The summed E-state index contributed by atoms with van der Waals surface area (Å²) in [7, 11) is 0. The second kappa shape index (κ2) is 9.82. The van der Waals surface area contributed by atoms with Crippen LogP contribution >= 0.6 is 0 Å². The molecule has 0 bridgehead atoms. The van der Waals surface area contributed by atoms with Crippen molar-refractivity contribution in [1.82, 2.24) is 14.5 Å². The Balaban J connectivity index is 2.15. The quantitative estimate of drug-likeness (QED) is 0.630. The molecule has 0 aliphatic rings. The minimum Gasteiger partial charge on any atom is -0.481 e. The van der Waals surface area contributed by atoms with Crippen LogP contribution < -0.4 is 5.56 Å². The molecule has 2 aromatic rings. The predicted octanol–water partition coefficient (Wildman–Crippen LogP) is 1.37. The van der Waals surface area contributed by atoms with E-state index in [9.17, 15) is 14.4 Å². The number of ether oxygens (including phenoxy) is 1. The van der Waals surface area contributed by atoms with E-state index in [1.165, 1.54) is 15.8 Å². The van der Waals surface area contributed by atoms with E-state index in [2.05, 4.69) is 4.98 Å². The highest BCUT2D eigenvalue weighted by molar-refractivity contribution is 5.79. The van der Waals surface area contributed by atoms with Crippen LogP contribution in [0.3, 0.4) is 0 Å². The number of aliphatic carboxylic acids is 1. The molecule has 1 aromatic carbocycles. The summed E-state index contributed by atoms with van der Waals surface area (Å²) in [4.78, 5) is 42.1. The Labute approximate surface area is 157 Å². The van der Waals surface area contributed by atoms with Crippen LogP contribution in [0.4, 0.5) is 0 Å². The third kappa shape index (κ3) is 5.62. The average Bonchev–Trinajstić information content (AvgIpc) is 2.66. The number of amides is 1. The zero-order chi connectivity index (χ0) is 19.8. The second-order valence-corrected chi connectivity index (χ2v) is 6.32. The van der Waals surface area contributed by atoms with Gasteiger partial charge in [0.15, 0.2) is 0 Å². The number of carboxylic acids is 1. The molecule has 1 unspecified atom stereocenters. The largest absolute Gasteiger partial charge is 0.481 e. The van der Waals surface area contributed by atoms with Crippen LogP contribution in [-0.2, 0) is 20.9 Å². The summed E-state index contributed by atoms with van der Waals surface area (Å²) in [5.41, 5.74) is 0.272. The smallest absolute Gasteiger partial charge is 0.308 e. The molecule has 8 heteroatoms. The molecule has 1 aromatic heterocycles. The van der Waals surface area contributed by atoms with Crippen LogP contribution in [0.25, 0.3) is 10.9 Å². The van der Waals surface area contributed by atoms with Gasteiger partial charge in [-0.2, -0.15) is 0 Å². The van der Waals surface area contributed by atoms with E-state index >= 15 is 0 Å². The molecule has 0 saturated carbocycles. The first-order valence-electron chi connectivity index (χ1n) is 8.96. The van der Waals surface area contributed by atoms with E-state index in [1.807, 2.05) is 6.92 Å². The van der Waals surface area contributed by atoms with Crippen molar-refractivity contribution in [3.05, 3.63) is 40.9 Å². The van der Waals surface area contributed by atoms with Gasteiger partial charge in [-0.3, -0.25) is 19.0 Å². The van der Waals surface area contributed by atoms with E-state index in [1.54, 1.807) is 31.2 Å². The van der Waals surface area contributed by atoms with Gasteiger partial charge in [0.2, 0.25) is 5.91 Å². The first-order chi connectivity index (χ1) is 12.9. The van der Waals surface area contributed by atoms with Gasteiger partial charge in [0.25, 0.3) is 5.56 Å². The topological polar surface area (TPSA) is 102 Å². The molecule has 0 fully saturated rings. The Bertz CT molecular complexity index is 849. The van der Waals surface area contributed by atoms with E-state index < -0.39 is 11.9 Å². The summed E-state index contributed by atoms with van der Waals surface area (Å²) in [5.74, 6) is -1.99. The average molecular weight is 375 g/mol. The Morgan fingerprint density at radius 3 is 2.78 bits per heavy atom. The molecule has 1 amide bonds. The predicted molar refractivity (Wildman–Crippen MR) is 100 cm³/mol. The molecule has 1 atom stereocenters. The SMILES string of the molecule is CCOCCCN(CC(C)C(=O)O)C(=O)Cn1cnc2ccccc2c1=O. The number of hydrogen-bond donors (Lipinski definition) is 1. The highest BCUT2D eigenvalue weighted by Crippen LogP contribution is 2.07. The highest BCUT2D eigenvalue weighted by atomic mass is 16.5. The Morgan fingerprint density at radius 2 is 2.07 bits per heavy atom. The monoisotopic (exact) mass is 375 g/mol. The van der Waals surface area contributed by atoms with Crippen LogP contribution in [0.15, 0.2) is 35.4 Å². The third-order valence-electron chi connectivity index (χ3n) is 4.23. The van der Waals surface area contributed by atoms with Crippen molar-refractivity contribution in [3.63, 3.8) is 0 Å². The molecular formula is C19H25N3O5. The van der Waals surface area contributed by atoms with Crippen molar-refractivity contribution in [3.8, 4) is 0 Å². The lowest BCUT2D eigenvalue weighted by Crippen LogP contribution is -2.41. The Morgan fingerprint density at radius 1 is 1.33 bits per heavy atom. The first kappa shape index (κ1) is 20.6. The van der Waals surface area contributed by atoms with Gasteiger partial charge in [-0.05, 0) is 25.5 Å². The normalized spacial score (nSPS) is 12.1. The molecule has 1 heterocycles. The number of fused-ring (bicyclic) bond motifs is 1. The van der Waals surface area contributed by atoms with Crippen molar-refractivity contribution < 1.29 is 19.4 Å². The molecule has 0 radical (unpaired) electrons. The maximum atomic E-state index is 12.7. The van der Waals surface area contributed by atoms with Crippen LogP contribution in [0, 0.1) is 5.92 Å². The number of carbonyl (C=O) groups is 2. The molecule has 0 aliphatic heterocycles. The Kier molecular flexibility index (Phi) is 7.48. The molecule has 0 aliphatic carbocycles. The number of para-hydroxylation sites is 1. The van der Waals surface area contributed by atoms with Crippen molar-refractivity contribution in [1.29, 1.82) is 0 Å². The minimum atomic E-state index is -0.970. The fraction of sp³-hybridized carbons (Fsp3) is 0.474. The summed E-state index contributed by atoms with van der Waals surface area (Å²) in [5, 5.41) is 9.59. The molecule has 0 spiro atoms. The summed E-state index contributed by atoms with van der Waals surface area (Å²) in [6.07, 6.45) is 1.94. The summed E-state index contributed by atoms with van der Waals surface area (Å²) >= 11 is 0. The van der Waals surface area contributed by atoms with Crippen molar-refractivity contribution in [2.75, 3.05) is 26.3 Å².